The maximum atomic E-state index is 13.5. The van der Waals surface area contributed by atoms with Crippen LogP contribution < -0.4 is 15.8 Å². The van der Waals surface area contributed by atoms with E-state index in [0.29, 0.717) is 33.4 Å². The Hall–Kier alpha value is -2.26. The maximum absolute atomic E-state index is 13.5. The molecule has 1 aromatic carbocycles. The molecule has 0 saturated heterocycles. The number of nitrogen functional groups attached to an aromatic ring is 1. The van der Waals surface area contributed by atoms with Crippen LogP contribution in [-0.2, 0) is 6.54 Å². The molecular weight excluding hydrogens is 265 g/mol. The minimum Gasteiger partial charge on any atom is -0.492 e. The summed E-state index contributed by atoms with van der Waals surface area (Å²) in [6.07, 6.45) is 0. The molecule has 98 valence electrons. The molecular formula is C13H12FN3OS. The number of ether oxygens (including phenoxy) is 1. The minimum atomic E-state index is -0.279. The van der Waals surface area contributed by atoms with E-state index < -0.39 is 0 Å². The summed E-state index contributed by atoms with van der Waals surface area (Å²) in [6, 6.07) is 8.49. The Labute approximate surface area is 114 Å². The molecule has 2 aromatic rings. The second-order valence-electron chi connectivity index (χ2n) is 3.76. The average Bonchev–Trinajstić information content (AvgIpc) is 2.73. The predicted octanol–water partition coefficient (Wildman–Crippen LogP) is 2.96. The summed E-state index contributed by atoms with van der Waals surface area (Å²) in [6.45, 7) is 0.299. The number of thiophene rings is 1. The minimum absolute atomic E-state index is 0.279. The van der Waals surface area contributed by atoms with Gasteiger partial charge in [0, 0.05) is 12.1 Å². The smallest absolute Gasteiger partial charge is 0.177 e. The maximum Gasteiger partial charge on any atom is 0.177 e. The molecule has 0 radical (unpaired) electrons. The van der Waals surface area contributed by atoms with Crippen molar-refractivity contribution in [2.45, 2.75) is 6.54 Å². The van der Waals surface area contributed by atoms with Crippen LogP contribution in [0.4, 0.5) is 15.1 Å². The summed E-state index contributed by atoms with van der Waals surface area (Å²) in [5.74, 6) is 0.150. The van der Waals surface area contributed by atoms with Crippen LogP contribution in [0.25, 0.3) is 0 Å². The van der Waals surface area contributed by atoms with Gasteiger partial charge in [-0.15, -0.1) is 11.3 Å². The van der Waals surface area contributed by atoms with Gasteiger partial charge in [-0.1, -0.05) is 18.2 Å². The van der Waals surface area contributed by atoms with E-state index in [2.05, 4.69) is 5.32 Å². The zero-order valence-corrected chi connectivity index (χ0v) is 11.1. The van der Waals surface area contributed by atoms with Crippen molar-refractivity contribution in [1.29, 1.82) is 5.26 Å². The highest BCUT2D eigenvalue weighted by Gasteiger charge is 2.16. The van der Waals surface area contributed by atoms with E-state index in [9.17, 15) is 4.39 Å². The number of nitriles is 1. The summed E-state index contributed by atoms with van der Waals surface area (Å²) >= 11 is 1.19. The number of anilines is 2. The van der Waals surface area contributed by atoms with Crippen LogP contribution in [0.2, 0.25) is 0 Å². The number of nitrogens with zero attached hydrogens (tertiary/aromatic N) is 1. The standard InChI is InChI=1S/C13H12FN3OS/c1-18-12-11(16)10(6-15)19-13(12)17-7-8-4-2-3-5-9(8)14/h2-5,17H,7,16H2,1H3. The van der Waals surface area contributed by atoms with E-state index in [-0.39, 0.29) is 5.82 Å². The molecule has 19 heavy (non-hydrogen) atoms. The molecule has 0 atom stereocenters. The summed E-state index contributed by atoms with van der Waals surface area (Å²) < 4.78 is 18.6. The monoisotopic (exact) mass is 277 g/mol. The lowest BCUT2D eigenvalue weighted by molar-refractivity contribution is 0.420. The fraction of sp³-hybridized carbons (Fsp3) is 0.154. The van der Waals surface area contributed by atoms with Crippen molar-refractivity contribution in [3.8, 4) is 11.8 Å². The van der Waals surface area contributed by atoms with Crippen LogP contribution in [0.15, 0.2) is 24.3 Å². The van der Waals surface area contributed by atoms with E-state index in [1.807, 2.05) is 6.07 Å². The van der Waals surface area contributed by atoms with Gasteiger partial charge in [0.1, 0.15) is 27.5 Å². The number of halogens is 1. The molecule has 4 nitrogen and oxygen atoms in total. The first-order valence-electron chi connectivity index (χ1n) is 5.51. The van der Waals surface area contributed by atoms with Crippen LogP contribution in [-0.4, -0.2) is 7.11 Å². The van der Waals surface area contributed by atoms with Gasteiger partial charge in [0.15, 0.2) is 5.75 Å². The van der Waals surface area contributed by atoms with Crippen molar-refractivity contribution in [3.63, 3.8) is 0 Å². The number of hydrogen-bond donors (Lipinski definition) is 2. The topological polar surface area (TPSA) is 71.1 Å². The number of hydrogen-bond acceptors (Lipinski definition) is 5. The molecule has 0 fully saturated rings. The Kier molecular flexibility index (Phi) is 3.88. The highest BCUT2D eigenvalue weighted by Crippen LogP contribution is 2.42. The third-order valence-electron chi connectivity index (χ3n) is 2.60. The summed E-state index contributed by atoms with van der Waals surface area (Å²) in [4.78, 5) is 0.382. The molecule has 0 amide bonds. The van der Waals surface area contributed by atoms with Gasteiger partial charge < -0.3 is 15.8 Å². The third-order valence-corrected chi connectivity index (χ3v) is 3.65. The Bertz CT molecular complexity index is 633. The van der Waals surface area contributed by atoms with Crippen LogP contribution in [0.3, 0.4) is 0 Å². The van der Waals surface area contributed by atoms with Gasteiger partial charge in [-0.3, -0.25) is 0 Å². The van der Waals surface area contributed by atoms with Gasteiger partial charge in [0.2, 0.25) is 0 Å². The highest BCUT2D eigenvalue weighted by molar-refractivity contribution is 7.17. The largest absolute Gasteiger partial charge is 0.492 e. The van der Waals surface area contributed by atoms with Crippen molar-refractivity contribution in [1.82, 2.24) is 0 Å². The molecule has 1 aromatic heterocycles. The summed E-state index contributed by atoms with van der Waals surface area (Å²) in [7, 11) is 1.48. The number of rotatable bonds is 4. The van der Waals surface area contributed by atoms with Crippen LogP contribution in [0.5, 0.6) is 5.75 Å². The zero-order valence-electron chi connectivity index (χ0n) is 10.2. The van der Waals surface area contributed by atoms with E-state index >= 15 is 0 Å². The third kappa shape index (κ3) is 2.61. The van der Waals surface area contributed by atoms with Crippen LogP contribution >= 0.6 is 11.3 Å². The van der Waals surface area contributed by atoms with Crippen LogP contribution in [0, 0.1) is 17.1 Å². The van der Waals surface area contributed by atoms with Crippen LogP contribution in [0.1, 0.15) is 10.4 Å². The first-order valence-corrected chi connectivity index (χ1v) is 6.32. The molecule has 1 heterocycles. The first kappa shape index (κ1) is 13.2. The fourth-order valence-corrected chi connectivity index (χ4v) is 2.53. The van der Waals surface area contributed by atoms with Gasteiger partial charge in [0.05, 0.1) is 7.11 Å². The average molecular weight is 277 g/mol. The number of methoxy groups -OCH3 is 1. The van der Waals surface area contributed by atoms with Gasteiger partial charge in [-0.25, -0.2) is 4.39 Å². The molecule has 0 aliphatic heterocycles. The lowest BCUT2D eigenvalue weighted by atomic mass is 10.2. The van der Waals surface area contributed by atoms with E-state index in [0.717, 1.165) is 0 Å². The number of nitrogens with one attached hydrogen (secondary N) is 1. The molecule has 0 bridgehead atoms. The van der Waals surface area contributed by atoms with Gasteiger partial charge in [-0.2, -0.15) is 5.26 Å². The fourth-order valence-electron chi connectivity index (χ4n) is 1.65. The van der Waals surface area contributed by atoms with E-state index in [1.165, 1.54) is 24.5 Å². The SMILES string of the molecule is COc1c(NCc2ccccc2F)sc(C#N)c1N. The number of benzene rings is 1. The van der Waals surface area contributed by atoms with E-state index in [1.54, 1.807) is 18.2 Å². The Morgan fingerprint density at radius 1 is 1.47 bits per heavy atom. The second kappa shape index (κ2) is 5.59. The first-order chi connectivity index (χ1) is 9.17. The lowest BCUT2D eigenvalue weighted by Gasteiger charge is -2.07. The predicted molar refractivity (Wildman–Crippen MR) is 73.7 cm³/mol. The Balaban J connectivity index is 2.21. The van der Waals surface area contributed by atoms with Gasteiger partial charge >= 0.3 is 0 Å². The quantitative estimate of drug-likeness (QED) is 0.901. The zero-order chi connectivity index (χ0) is 13.8. The molecule has 3 N–H and O–H groups in total. The van der Waals surface area contributed by atoms with E-state index in [4.69, 9.17) is 15.7 Å². The second-order valence-corrected chi connectivity index (χ2v) is 4.78. The van der Waals surface area contributed by atoms with Crippen molar-refractivity contribution < 1.29 is 9.13 Å². The summed E-state index contributed by atoms with van der Waals surface area (Å²) in [5, 5.41) is 12.6. The molecule has 6 heteroatoms. The lowest BCUT2D eigenvalue weighted by Crippen LogP contribution is -2.01. The van der Waals surface area contributed by atoms with Crippen molar-refractivity contribution in [3.05, 3.63) is 40.5 Å². The normalized spacial score (nSPS) is 9.95. The highest BCUT2D eigenvalue weighted by atomic mass is 32.1. The van der Waals surface area contributed by atoms with Crippen molar-refractivity contribution >= 4 is 22.0 Å². The number of nitrogens with two attached hydrogens (primary N) is 1. The van der Waals surface area contributed by atoms with Crippen molar-refractivity contribution in [2.24, 2.45) is 0 Å². The molecule has 0 saturated carbocycles. The summed E-state index contributed by atoms with van der Waals surface area (Å²) in [5.41, 5.74) is 6.62. The molecule has 0 aliphatic rings. The molecule has 0 aliphatic carbocycles. The molecule has 2 rings (SSSR count). The van der Waals surface area contributed by atoms with Crippen molar-refractivity contribution in [2.75, 3.05) is 18.2 Å². The molecule has 0 spiro atoms. The van der Waals surface area contributed by atoms with Gasteiger partial charge in [-0.05, 0) is 6.07 Å². The molecule has 0 unspecified atom stereocenters. The Morgan fingerprint density at radius 2 is 2.21 bits per heavy atom. The van der Waals surface area contributed by atoms with Gasteiger partial charge in [0.25, 0.3) is 0 Å². The Morgan fingerprint density at radius 3 is 2.84 bits per heavy atom.